The minimum absolute atomic E-state index is 0.198. The van der Waals surface area contributed by atoms with Gasteiger partial charge >= 0.3 is 0 Å². The molecule has 0 N–H and O–H groups in total. The third kappa shape index (κ3) is 4.30. The molecule has 7 heteroatoms. The number of ether oxygens (including phenoxy) is 1. The molecule has 2 aromatic rings. The summed E-state index contributed by atoms with van der Waals surface area (Å²) in [5.74, 6) is 1.16. The average molecular weight is 429 g/mol. The van der Waals surface area contributed by atoms with E-state index in [2.05, 4.69) is 19.6 Å². The highest BCUT2D eigenvalue weighted by Gasteiger charge is 2.35. The Balaban J connectivity index is 2.22. The third-order valence-corrected chi connectivity index (χ3v) is 6.08. The van der Waals surface area contributed by atoms with E-state index in [4.69, 9.17) is 13.6 Å². The van der Waals surface area contributed by atoms with E-state index in [0.717, 1.165) is 5.56 Å². The molecule has 3 rings (SSSR count). The summed E-state index contributed by atoms with van der Waals surface area (Å²) >= 11 is 0. The monoisotopic (exact) mass is 428 g/mol. The van der Waals surface area contributed by atoms with Crippen molar-refractivity contribution in [3.8, 4) is 17.2 Å². The van der Waals surface area contributed by atoms with Gasteiger partial charge in [0.1, 0.15) is 17.2 Å². The van der Waals surface area contributed by atoms with Gasteiger partial charge < -0.3 is 13.6 Å². The molecule has 154 valence electrons. The lowest BCUT2D eigenvalue weighted by atomic mass is 9.82. The van der Waals surface area contributed by atoms with Crippen LogP contribution in [0, 0.1) is 6.92 Å². The molecule has 29 heavy (non-hydrogen) atoms. The van der Waals surface area contributed by atoms with E-state index in [1.165, 1.54) is 7.11 Å². The van der Waals surface area contributed by atoms with E-state index in [0.29, 0.717) is 39.5 Å². The van der Waals surface area contributed by atoms with E-state index in [1.54, 1.807) is 24.3 Å². The van der Waals surface area contributed by atoms with Crippen molar-refractivity contribution in [3.05, 3.63) is 52.1 Å². The SMILES string of the molecule is COc1cc(O[Si](C)(C)C)c2c(c1)C(=O)c1cc(C)c(O[Si](C)(C)C)cc1C2=O. The largest absolute Gasteiger partial charge is 0.544 e. The number of fused-ring (bicyclic) bond motifs is 2. The molecular weight excluding hydrogens is 400 g/mol. The smallest absolute Gasteiger partial charge is 0.242 e. The van der Waals surface area contributed by atoms with Gasteiger partial charge in [-0.25, -0.2) is 0 Å². The van der Waals surface area contributed by atoms with Crippen LogP contribution in [0.25, 0.3) is 0 Å². The van der Waals surface area contributed by atoms with Crippen molar-refractivity contribution in [2.24, 2.45) is 0 Å². The molecule has 2 aromatic carbocycles. The van der Waals surface area contributed by atoms with Crippen LogP contribution in [0.4, 0.5) is 0 Å². The van der Waals surface area contributed by atoms with E-state index in [1.807, 2.05) is 26.6 Å². The van der Waals surface area contributed by atoms with Gasteiger partial charge in [0.15, 0.2) is 11.6 Å². The topological polar surface area (TPSA) is 61.8 Å². The fourth-order valence-electron chi connectivity index (χ4n) is 3.32. The Bertz CT molecular complexity index is 1010. The molecule has 0 heterocycles. The number of carbonyl (C=O) groups excluding carboxylic acids is 2. The van der Waals surface area contributed by atoms with Crippen LogP contribution in [-0.4, -0.2) is 35.3 Å². The van der Waals surface area contributed by atoms with E-state index in [9.17, 15) is 9.59 Å². The average Bonchev–Trinajstić information content (AvgIpc) is 2.57. The maximum Gasteiger partial charge on any atom is 0.242 e. The number of benzene rings is 2. The summed E-state index contributed by atoms with van der Waals surface area (Å²) in [6.45, 7) is 14.2. The van der Waals surface area contributed by atoms with Gasteiger partial charge in [-0.3, -0.25) is 9.59 Å². The van der Waals surface area contributed by atoms with Crippen molar-refractivity contribution in [2.75, 3.05) is 7.11 Å². The lowest BCUT2D eigenvalue weighted by Crippen LogP contribution is -2.32. The summed E-state index contributed by atoms with van der Waals surface area (Å²) < 4.78 is 17.7. The summed E-state index contributed by atoms with van der Waals surface area (Å²) in [5, 5.41) is 0. The van der Waals surface area contributed by atoms with Crippen LogP contribution in [0.2, 0.25) is 39.3 Å². The number of methoxy groups -OCH3 is 1. The van der Waals surface area contributed by atoms with Crippen molar-refractivity contribution < 1.29 is 23.2 Å². The second-order valence-corrected chi connectivity index (χ2v) is 18.2. The molecule has 0 saturated carbocycles. The van der Waals surface area contributed by atoms with Crippen molar-refractivity contribution in [2.45, 2.75) is 46.2 Å². The molecule has 0 fully saturated rings. The van der Waals surface area contributed by atoms with Crippen LogP contribution in [0.1, 0.15) is 37.4 Å². The first-order chi connectivity index (χ1) is 13.3. The normalized spacial score (nSPS) is 13.7. The predicted molar refractivity (Wildman–Crippen MR) is 119 cm³/mol. The van der Waals surface area contributed by atoms with Crippen LogP contribution < -0.4 is 13.6 Å². The lowest BCUT2D eigenvalue weighted by molar-refractivity contribution is 0.0977. The Morgan fingerprint density at radius 2 is 1.24 bits per heavy atom. The molecule has 0 amide bonds. The molecule has 0 unspecified atom stereocenters. The zero-order valence-corrected chi connectivity index (χ0v) is 20.4. The summed E-state index contributed by atoms with van der Waals surface area (Å²) in [7, 11) is -2.36. The number of aryl methyl sites for hydroxylation is 1. The minimum atomic E-state index is -2.03. The Hall–Kier alpha value is -2.39. The molecule has 0 atom stereocenters. The molecule has 0 radical (unpaired) electrons. The number of hydrogen-bond donors (Lipinski definition) is 0. The number of ketones is 2. The summed E-state index contributed by atoms with van der Waals surface area (Å²) in [4.78, 5) is 26.8. The zero-order chi connectivity index (χ0) is 21.7. The molecular formula is C22H28O5Si2. The Morgan fingerprint density at radius 1 is 0.690 bits per heavy atom. The summed E-state index contributed by atoms with van der Waals surface area (Å²) in [5.41, 5.74) is 2.25. The fourth-order valence-corrected chi connectivity index (χ4v) is 5.02. The van der Waals surface area contributed by atoms with Crippen LogP contribution in [0.15, 0.2) is 24.3 Å². The van der Waals surface area contributed by atoms with Crippen molar-refractivity contribution >= 4 is 28.2 Å². The number of rotatable bonds is 5. The Kier molecular flexibility index (Phi) is 5.25. The van der Waals surface area contributed by atoms with Crippen LogP contribution in [-0.2, 0) is 0 Å². The van der Waals surface area contributed by atoms with Crippen LogP contribution in [0.3, 0.4) is 0 Å². The first-order valence-electron chi connectivity index (χ1n) is 9.65. The minimum Gasteiger partial charge on any atom is -0.544 e. The van der Waals surface area contributed by atoms with Crippen molar-refractivity contribution in [3.63, 3.8) is 0 Å². The summed E-state index contributed by atoms with van der Waals surface area (Å²) in [6, 6.07) is 6.79. The number of carbonyl (C=O) groups is 2. The summed E-state index contributed by atoms with van der Waals surface area (Å²) in [6.07, 6.45) is 0. The maximum atomic E-state index is 13.5. The first-order valence-corrected chi connectivity index (χ1v) is 16.5. The van der Waals surface area contributed by atoms with Gasteiger partial charge in [-0.15, -0.1) is 0 Å². The first kappa shape index (κ1) is 21.3. The van der Waals surface area contributed by atoms with Gasteiger partial charge in [0, 0.05) is 22.8 Å². The molecule has 1 aliphatic rings. The highest BCUT2D eigenvalue weighted by atomic mass is 28.4. The van der Waals surface area contributed by atoms with Crippen molar-refractivity contribution in [1.82, 2.24) is 0 Å². The highest BCUT2D eigenvalue weighted by molar-refractivity contribution is 6.70. The second kappa shape index (κ2) is 7.14. The zero-order valence-electron chi connectivity index (χ0n) is 18.4. The number of hydrogen-bond acceptors (Lipinski definition) is 5. The van der Waals surface area contributed by atoms with E-state index < -0.39 is 16.6 Å². The van der Waals surface area contributed by atoms with Crippen molar-refractivity contribution in [1.29, 1.82) is 0 Å². The molecule has 0 aromatic heterocycles. The maximum absolute atomic E-state index is 13.5. The van der Waals surface area contributed by atoms with Gasteiger partial charge in [-0.1, -0.05) is 0 Å². The second-order valence-electron chi connectivity index (χ2n) is 9.30. The van der Waals surface area contributed by atoms with Crippen LogP contribution in [0.5, 0.6) is 17.2 Å². The molecule has 1 aliphatic carbocycles. The Labute approximate surface area is 174 Å². The van der Waals surface area contributed by atoms with Gasteiger partial charge in [-0.05, 0) is 70.0 Å². The fraction of sp³-hybridized carbons (Fsp3) is 0.364. The van der Waals surface area contributed by atoms with Gasteiger partial charge in [0.2, 0.25) is 16.6 Å². The lowest BCUT2D eigenvalue weighted by Gasteiger charge is -2.27. The third-order valence-electron chi connectivity index (χ3n) is 4.42. The molecule has 5 nitrogen and oxygen atoms in total. The predicted octanol–water partition coefficient (Wildman–Crippen LogP) is 5.21. The quantitative estimate of drug-likeness (QED) is 0.522. The van der Waals surface area contributed by atoms with Gasteiger partial charge in [0.05, 0.1) is 12.7 Å². The highest BCUT2D eigenvalue weighted by Crippen LogP contribution is 2.39. The van der Waals surface area contributed by atoms with E-state index in [-0.39, 0.29) is 11.6 Å². The Morgan fingerprint density at radius 3 is 1.79 bits per heavy atom. The standard InChI is InChI=1S/C22H28O5Si2/c1-13-9-15-16(12-18(13)26-28(3,4)5)22(24)20-17(21(15)23)10-14(25-2)11-19(20)27-29(6,7)8/h9-12H,1-8H3. The van der Waals surface area contributed by atoms with Gasteiger partial charge in [0.25, 0.3) is 0 Å². The van der Waals surface area contributed by atoms with E-state index >= 15 is 0 Å². The molecule has 0 spiro atoms. The van der Waals surface area contributed by atoms with Gasteiger partial charge in [-0.2, -0.15) is 0 Å². The molecule has 0 bridgehead atoms. The van der Waals surface area contributed by atoms with Crippen LogP contribution >= 0.6 is 0 Å². The molecule has 0 aliphatic heterocycles. The molecule has 0 saturated heterocycles.